The number of likely N-dealkylation sites (tertiary alicyclic amines) is 1. The molecule has 0 aromatic heterocycles. The minimum atomic E-state index is -0.353. The number of benzene rings is 2. The van der Waals surface area contributed by atoms with Crippen LogP contribution in [0.5, 0.6) is 0 Å². The predicted octanol–water partition coefficient (Wildman–Crippen LogP) is 5.22. The van der Waals surface area contributed by atoms with E-state index in [2.05, 4.69) is 64.4 Å². The quantitative estimate of drug-likeness (QED) is 0.649. The molecule has 0 radical (unpaired) electrons. The number of hydrogen-bond donors (Lipinski definition) is 0. The van der Waals surface area contributed by atoms with Crippen molar-refractivity contribution < 1.29 is 4.79 Å². The first-order valence-corrected chi connectivity index (χ1v) is 10.8. The van der Waals surface area contributed by atoms with Crippen molar-refractivity contribution in [2.75, 3.05) is 26.7 Å². The molecule has 29 heavy (non-hydrogen) atoms. The Hall–Kier alpha value is -1.84. The van der Waals surface area contributed by atoms with Gasteiger partial charge in [-0.25, -0.2) is 0 Å². The number of hydrogen-bond acceptors (Lipinski definition) is 2. The Kier molecular flexibility index (Phi) is 7.37. The number of carbonyl (C=O) groups is 1. The molecule has 0 spiro atoms. The summed E-state index contributed by atoms with van der Waals surface area (Å²) in [7, 11) is 2.03. The van der Waals surface area contributed by atoms with E-state index in [9.17, 15) is 4.79 Å². The van der Waals surface area contributed by atoms with Crippen molar-refractivity contribution in [2.24, 2.45) is 0 Å². The number of nitrogens with zero attached hydrogens (tertiary/aromatic N) is 2. The van der Waals surface area contributed by atoms with Crippen molar-refractivity contribution in [2.45, 2.75) is 50.0 Å². The van der Waals surface area contributed by atoms with Gasteiger partial charge in [0.05, 0.1) is 11.5 Å². The highest BCUT2D eigenvalue weighted by Crippen LogP contribution is 2.43. The first kappa shape index (κ1) is 21.9. The molecule has 0 bridgehead atoms. The molecule has 4 rings (SSSR count). The van der Waals surface area contributed by atoms with Crippen LogP contribution in [0.25, 0.3) is 0 Å². The van der Waals surface area contributed by atoms with Gasteiger partial charge in [0.2, 0.25) is 5.91 Å². The maximum absolute atomic E-state index is 14.0. The minimum Gasteiger partial charge on any atom is -0.337 e. The third kappa shape index (κ3) is 4.51. The minimum absolute atomic E-state index is 0. The van der Waals surface area contributed by atoms with E-state index < -0.39 is 0 Å². The highest BCUT2D eigenvalue weighted by molar-refractivity contribution is 5.89. The van der Waals surface area contributed by atoms with Crippen LogP contribution in [-0.2, 0) is 10.2 Å². The molecule has 1 amide bonds. The number of halogens is 1. The standard InChI is InChI=1S/C25H32N2O.ClH/c1-26(23(20-27-18-10-11-19-27)21-12-4-2-5-13-21)24(28)25(16-8-9-17-25)22-14-6-3-7-15-22;/h2-7,12-15,23H,8-11,16-20H2,1H3;1H/t23-;/m1./s1. The van der Waals surface area contributed by atoms with Crippen LogP contribution in [0.2, 0.25) is 0 Å². The summed E-state index contributed by atoms with van der Waals surface area (Å²) in [5.74, 6) is 0.296. The van der Waals surface area contributed by atoms with E-state index >= 15 is 0 Å². The molecular formula is C25H33ClN2O. The van der Waals surface area contributed by atoms with Crippen LogP contribution in [0, 0.1) is 0 Å². The number of amides is 1. The van der Waals surface area contributed by atoms with Gasteiger partial charge >= 0.3 is 0 Å². The smallest absolute Gasteiger partial charge is 0.233 e. The summed E-state index contributed by atoms with van der Waals surface area (Å²) in [4.78, 5) is 18.5. The molecular weight excluding hydrogens is 380 g/mol. The fourth-order valence-electron chi connectivity index (χ4n) is 5.18. The van der Waals surface area contributed by atoms with Crippen molar-refractivity contribution in [3.05, 3.63) is 71.8 Å². The molecule has 2 aliphatic rings. The molecule has 0 N–H and O–H groups in total. The zero-order valence-electron chi connectivity index (χ0n) is 17.4. The van der Waals surface area contributed by atoms with Crippen LogP contribution in [0.3, 0.4) is 0 Å². The largest absolute Gasteiger partial charge is 0.337 e. The van der Waals surface area contributed by atoms with Crippen molar-refractivity contribution in [1.82, 2.24) is 9.80 Å². The summed E-state index contributed by atoms with van der Waals surface area (Å²) in [6, 6.07) is 21.2. The van der Waals surface area contributed by atoms with Crippen molar-refractivity contribution in [3.63, 3.8) is 0 Å². The van der Waals surface area contributed by atoms with Crippen LogP contribution in [0.15, 0.2) is 60.7 Å². The second kappa shape index (κ2) is 9.77. The fourth-order valence-corrected chi connectivity index (χ4v) is 5.18. The van der Waals surface area contributed by atoms with Gasteiger partial charge in [-0.1, -0.05) is 73.5 Å². The van der Waals surface area contributed by atoms with Gasteiger partial charge in [-0.05, 0) is 49.9 Å². The summed E-state index contributed by atoms with van der Waals surface area (Å²) in [6.45, 7) is 3.22. The van der Waals surface area contributed by atoms with E-state index in [1.54, 1.807) is 0 Å². The first-order chi connectivity index (χ1) is 13.7. The van der Waals surface area contributed by atoms with Crippen LogP contribution < -0.4 is 0 Å². The van der Waals surface area contributed by atoms with E-state index in [4.69, 9.17) is 0 Å². The Morgan fingerprint density at radius 1 is 0.931 bits per heavy atom. The monoisotopic (exact) mass is 412 g/mol. The van der Waals surface area contributed by atoms with Crippen LogP contribution >= 0.6 is 12.4 Å². The Morgan fingerprint density at radius 3 is 2.07 bits per heavy atom. The lowest BCUT2D eigenvalue weighted by Gasteiger charge is -2.38. The van der Waals surface area contributed by atoms with E-state index in [1.165, 1.54) is 24.0 Å². The molecule has 1 aliphatic heterocycles. The lowest BCUT2D eigenvalue weighted by Crippen LogP contribution is -2.47. The number of carbonyl (C=O) groups excluding carboxylic acids is 1. The van der Waals surface area contributed by atoms with Crippen molar-refractivity contribution >= 4 is 18.3 Å². The van der Waals surface area contributed by atoms with E-state index in [1.807, 2.05) is 13.1 Å². The second-order valence-electron chi connectivity index (χ2n) is 8.51. The molecule has 156 valence electrons. The molecule has 2 aromatic rings. The number of likely N-dealkylation sites (N-methyl/N-ethyl adjacent to an activating group) is 1. The van der Waals surface area contributed by atoms with Gasteiger partial charge in [0.15, 0.2) is 0 Å². The third-order valence-electron chi connectivity index (χ3n) is 6.79. The van der Waals surface area contributed by atoms with Crippen LogP contribution in [-0.4, -0.2) is 42.4 Å². The topological polar surface area (TPSA) is 23.6 Å². The van der Waals surface area contributed by atoms with Gasteiger partial charge < -0.3 is 9.80 Å². The van der Waals surface area contributed by atoms with Crippen molar-refractivity contribution in [1.29, 1.82) is 0 Å². The van der Waals surface area contributed by atoms with Crippen LogP contribution in [0.4, 0.5) is 0 Å². The Bertz CT molecular complexity index is 768. The second-order valence-corrected chi connectivity index (χ2v) is 8.51. The normalized spacial score (nSPS) is 19.5. The molecule has 1 heterocycles. The average Bonchev–Trinajstić information content (AvgIpc) is 3.45. The Labute approximate surface area is 181 Å². The summed E-state index contributed by atoms with van der Waals surface area (Å²) >= 11 is 0. The summed E-state index contributed by atoms with van der Waals surface area (Å²) < 4.78 is 0. The molecule has 2 aromatic carbocycles. The summed E-state index contributed by atoms with van der Waals surface area (Å²) in [5.41, 5.74) is 2.08. The third-order valence-corrected chi connectivity index (χ3v) is 6.79. The lowest BCUT2D eigenvalue weighted by molar-refractivity contribution is -0.138. The van der Waals surface area contributed by atoms with Gasteiger partial charge in [0.25, 0.3) is 0 Å². The van der Waals surface area contributed by atoms with Gasteiger partial charge in [0.1, 0.15) is 0 Å². The molecule has 1 atom stereocenters. The fraction of sp³-hybridized carbons (Fsp3) is 0.480. The average molecular weight is 413 g/mol. The molecule has 1 saturated carbocycles. The lowest BCUT2D eigenvalue weighted by atomic mass is 9.77. The van der Waals surface area contributed by atoms with Gasteiger partial charge in [-0.3, -0.25) is 4.79 Å². The zero-order valence-corrected chi connectivity index (χ0v) is 18.2. The van der Waals surface area contributed by atoms with E-state index in [0.717, 1.165) is 45.3 Å². The number of rotatable bonds is 6. The molecule has 1 aliphatic carbocycles. The first-order valence-electron chi connectivity index (χ1n) is 10.8. The van der Waals surface area contributed by atoms with E-state index in [-0.39, 0.29) is 23.9 Å². The summed E-state index contributed by atoms with van der Waals surface area (Å²) in [5, 5.41) is 0. The Balaban J connectivity index is 0.00000240. The maximum Gasteiger partial charge on any atom is 0.233 e. The van der Waals surface area contributed by atoms with Crippen LogP contribution in [0.1, 0.15) is 55.7 Å². The predicted molar refractivity (Wildman–Crippen MR) is 121 cm³/mol. The van der Waals surface area contributed by atoms with E-state index in [0.29, 0.717) is 5.91 Å². The summed E-state index contributed by atoms with van der Waals surface area (Å²) in [6.07, 6.45) is 6.74. The van der Waals surface area contributed by atoms with Gasteiger partial charge in [-0.2, -0.15) is 0 Å². The zero-order chi connectivity index (χ0) is 19.4. The van der Waals surface area contributed by atoms with Gasteiger partial charge in [-0.15, -0.1) is 12.4 Å². The molecule has 2 fully saturated rings. The molecule has 4 heteroatoms. The maximum atomic E-state index is 14.0. The molecule has 1 saturated heterocycles. The van der Waals surface area contributed by atoms with Crippen molar-refractivity contribution in [3.8, 4) is 0 Å². The Morgan fingerprint density at radius 2 is 1.48 bits per heavy atom. The highest BCUT2D eigenvalue weighted by atomic mass is 35.5. The highest BCUT2D eigenvalue weighted by Gasteiger charge is 2.45. The molecule has 0 unspecified atom stereocenters. The SMILES string of the molecule is CN(C(=O)C1(c2ccccc2)CCCC1)[C@H](CN1CCCC1)c1ccccc1.Cl. The van der Waals surface area contributed by atoms with Gasteiger partial charge in [0, 0.05) is 13.6 Å². The molecule has 3 nitrogen and oxygen atoms in total.